The molecule has 0 unspecified atom stereocenters. The zero-order valence-corrected chi connectivity index (χ0v) is 17.7. The van der Waals surface area contributed by atoms with Crippen LogP contribution in [0.25, 0.3) is 0 Å². The van der Waals surface area contributed by atoms with Crippen LogP contribution >= 0.6 is 0 Å². The Bertz CT molecular complexity index is 1040. The molecule has 0 bridgehead atoms. The van der Waals surface area contributed by atoms with E-state index in [1.807, 2.05) is 11.8 Å². The molecule has 0 spiro atoms. The van der Waals surface area contributed by atoms with Crippen LogP contribution in [0, 0.1) is 6.92 Å². The standard InChI is InChI=1S/C22H26N2O4S/c1-16-3-5-19(29(2,26)27)14-20(16)22(25)24-10-8-23(9-11-24)15-17-4-6-21-18(13-17)7-12-28-21/h3-6,13-14H,7-12,15H2,1-2H3/p+1. The summed E-state index contributed by atoms with van der Waals surface area (Å²) in [5, 5.41) is 0. The largest absolute Gasteiger partial charge is 0.493 e. The first-order valence-corrected chi connectivity index (χ1v) is 11.9. The zero-order valence-electron chi connectivity index (χ0n) is 16.9. The lowest BCUT2D eigenvalue weighted by atomic mass is 10.1. The second-order valence-corrected chi connectivity index (χ2v) is 10.0. The van der Waals surface area contributed by atoms with E-state index < -0.39 is 9.84 Å². The molecule has 2 aliphatic rings. The Morgan fingerprint density at radius 3 is 2.62 bits per heavy atom. The fourth-order valence-electron chi connectivity index (χ4n) is 4.07. The predicted molar refractivity (Wildman–Crippen MR) is 110 cm³/mol. The van der Waals surface area contributed by atoms with Crippen LogP contribution in [-0.2, 0) is 22.8 Å². The lowest BCUT2D eigenvalue weighted by molar-refractivity contribution is -0.917. The smallest absolute Gasteiger partial charge is 0.254 e. The number of amides is 1. The summed E-state index contributed by atoms with van der Waals surface area (Å²) in [7, 11) is -3.34. The van der Waals surface area contributed by atoms with Gasteiger partial charge in [-0.25, -0.2) is 8.42 Å². The normalized spacial score (nSPS) is 17.1. The van der Waals surface area contributed by atoms with Crippen molar-refractivity contribution in [2.45, 2.75) is 24.8 Å². The average Bonchev–Trinajstić information content (AvgIpc) is 3.15. The number of benzene rings is 2. The minimum atomic E-state index is -3.34. The summed E-state index contributed by atoms with van der Waals surface area (Å²) in [5.41, 5.74) is 3.88. The molecule has 1 N–H and O–H groups in total. The lowest BCUT2D eigenvalue weighted by Gasteiger charge is -2.32. The molecule has 1 amide bonds. The highest BCUT2D eigenvalue weighted by molar-refractivity contribution is 7.90. The van der Waals surface area contributed by atoms with E-state index in [1.54, 1.807) is 12.1 Å². The molecule has 0 saturated carbocycles. The van der Waals surface area contributed by atoms with Crippen LogP contribution in [0.1, 0.15) is 27.0 Å². The van der Waals surface area contributed by atoms with Crippen molar-refractivity contribution in [3.05, 3.63) is 58.7 Å². The van der Waals surface area contributed by atoms with Crippen molar-refractivity contribution >= 4 is 15.7 Å². The third-order valence-corrected chi connectivity index (χ3v) is 6.94. The summed E-state index contributed by atoms with van der Waals surface area (Å²) >= 11 is 0. The molecular weight excluding hydrogens is 388 g/mol. The molecule has 6 nitrogen and oxygen atoms in total. The third kappa shape index (κ3) is 4.31. The SMILES string of the molecule is Cc1ccc(S(C)(=O)=O)cc1C(=O)N1CC[NH+](Cc2ccc3c(c2)CCO3)CC1. The van der Waals surface area contributed by atoms with E-state index >= 15 is 0 Å². The second-order valence-electron chi connectivity index (χ2n) is 8.01. The second kappa shape index (κ2) is 7.80. The number of rotatable bonds is 4. The Hall–Kier alpha value is -2.38. The molecule has 4 rings (SSSR count). The summed E-state index contributed by atoms with van der Waals surface area (Å²) in [6.45, 7) is 6.66. The van der Waals surface area contributed by atoms with E-state index in [2.05, 4.69) is 18.2 Å². The molecule has 2 aliphatic heterocycles. The first kappa shape index (κ1) is 19.9. The van der Waals surface area contributed by atoms with Crippen LogP contribution in [0.5, 0.6) is 5.75 Å². The number of carbonyl (C=O) groups excluding carboxylic acids is 1. The number of carbonyl (C=O) groups is 1. The van der Waals surface area contributed by atoms with Gasteiger partial charge in [-0.05, 0) is 48.4 Å². The minimum absolute atomic E-state index is 0.0817. The summed E-state index contributed by atoms with van der Waals surface area (Å²) in [6, 6.07) is 11.2. The van der Waals surface area contributed by atoms with E-state index in [4.69, 9.17) is 4.74 Å². The van der Waals surface area contributed by atoms with Crippen LogP contribution in [-0.4, -0.2) is 58.3 Å². The monoisotopic (exact) mass is 415 g/mol. The Kier molecular flexibility index (Phi) is 5.36. The fraction of sp³-hybridized carbons (Fsp3) is 0.409. The highest BCUT2D eigenvalue weighted by Gasteiger charge is 2.26. The third-order valence-electron chi connectivity index (χ3n) is 5.83. The molecule has 0 aromatic heterocycles. The van der Waals surface area contributed by atoms with Gasteiger partial charge in [-0.3, -0.25) is 4.79 Å². The number of hydrogen-bond donors (Lipinski definition) is 1. The van der Waals surface area contributed by atoms with Gasteiger partial charge in [0.2, 0.25) is 0 Å². The zero-order chi connectivity index (χ0) is 20.6. The van der Waals surface area contributed by atoms with Gasteiger partial charge in [0, 0.05) is 23.8 Å². The lowest BCUT2D eigenvalue weighted by Crippen LogP contribution is -3.13. The number of hydrogen-bond acceptors (Lipinski definition) is 4. The Morgan fingerprint density at radius 1 is 1.14 bits per heavy atom. The Balaban J connectivity index is 1.40. The van der Waals surface area contributed by atoms with Crippen molar-refractivity contribution in [3.63, 3.8) is 0 Å². The summed E-state index contributed by atoms with van der Waals surface area (Å²) in [4.78, 5) is 16.5. The van der Waals surface area contributed by atoms with Crippen molar-refractivity contribution in [1.29, 1.82) is 0 Å². The topological polar surface area (TPSA) is 68.1 Å². The predicted octanol–water partition coefficient (Wildman–Crippen LogP) is 0.874. The minimum Gasteiger partial charge on any atom is -0.493 e. The number of nitrogens with zero attached hydrogens (tertiary/aromatic N) is 1. The maximum atomic E-state index is 13.0. The first-order chi connectivity index (χ1) is 13.8. The molecule has 2 aromatic carbocycles. The highest BCUT2D eigenvalue weighted by atomic mass is 32.2. The van der Waals surface area contributed by atoms with Crippen LogP contribution in [0.15, 0.2) is 41.3 Å². The van der Waals surface area contributed by atoms with Crippen LogP contribution in [0.3, 0.4) is 0 Å². The average molecular weight is 416 g/mol. The van der Waals surface area contributed by atoms with E-state index in [9.17, 15) is 13.2 Å². The van der Waals surface area contributed by atoms with Crippen molar-refractivity contribution in [1.82, 2.24) is 4.90 Å². The van der Waals surface area contributed by atoms with Gasteiger partial charge in [-0.2, -0.15) is 0 Å². The number of fused-ring (bicyclic) bond motifs is 1. The number of quaternary nitrogens is 1. The molecule has 154 valence electrons. The molecular formula is C22H27N2O4S+. The van der Waals surface area contributed by atoms with Crippen molar-refractivity contribution in [3.8, 4) is 5.75 Å². The first-order valence-electron chi connectivity index (χ1n) is 9.99. The van der Waals surface area contributed by atoms with Crippen LogP contribution < -0.4 is 9.64 Å². The number of nitrogens with one attached hydrogen (secondary N) is 1. The van der Waals surface area contributed by atoms with Gasteiger partial charge in [0.1, 0.15) is 12.3 Å². The van der Waals surface area contributed by atoms with E-state index in [1.165, 1.54) is 28.3 Å². The molecule has 1 fully saturated rings. The van der Waals surface area contributed by atoms with Gasteiger partial charge in [-0.1, -0.05) is 6.07 Å². The maximum Gasteiger partial charge on any atom is 0.254 e. The quantitative estimate of drug-likeness (QED) is 0.805. The van der Waals surface area contributed by atoms with E-state index in [0.717, 1.165) is 44.0 Å². The molecule has 2 heterocycles. The van der Waals surface area contributed by atoms with E-state index in [-0.39, 0.29) is 10.8 Å². The van der Waals surface area contributed by atoms with Crippen molar-refractivity contribution < 1.29 is 22.8 Å². The summed E-state index contributed by atoms with van der Waals surface area (Å²) < 4.78 is 29.3. The van der Waals surface area contributed by atoms with Crippen LogP contribution in [0.2, 0.25) is 0 Å². The van der Waals surface area contributed by atoms with Crippen molar-refractivity contribution in [2.24, 2.45) is 0 Å². The molecule has 0 atom stereocenters. The molecule has 0 aliphatic carbocycles. The number of aryl methyl sites for hydroxylation is 1. The number of ether oxygens (including phenoxy) is 1. The molecule has 0 radical (unpaired) electrons. The molecule has 2 aromatic rings. The van der Waals surface area contributed by atoms with Gasteiger partial charge in [0.05, 0.1) is 37.7 Å². The van der Waals surface area contributed by atoms with Gasteiger partial charge >= 0.3 is 0 Å². The highest BCUT2D eigenvalue weighted by Crippen LogP contribution is 2.25. The van der Waals surface area contributed by atoms with Crippen LogP contribution in [0.4, 0.5) is 0 Å². The number of sulfone groups is 1. The summed E-state index contributed by atoms with van der Waals surface area (Å²) in [5.74, 6) is 0.924. The molecule has 1 saturated heterocycles. The Labute approximate surface area is 172 Å². The van der Waals surface area contributed by atoms with Gasteiger partial charge in [0.25, 0.3) is 5.91 Å². The Morgan fingerprint density at radius 2 is 1.90 bits per heavy atom. The van der Waals surface area contributed by atoms with Gasteiger partial charge in [0.15, 0.2) is 9.84 Å². The van der Waals surface area contributed by atoms with E-state index in [0.29, 0.717) is 18.7 Å². The van der Waals surface area contributed by atoms with Gasteiger partial charge < -0.3 is 14.5 Å². The summed E-state index contributed by atoms with van der Waals surface area (Å²) in [6.07, 6.45) is 2.14. The fourth-order valence-corrected chi connectivity index (χ4v) is 4.72. The number of piperazine rings is 1. The molecule has 29 heavy (non-hydrogen) atoms. The van der Waals surface area contributed by atoms with Crippen molar-refractivity contribution in [2.75, 3.05) is 39.0 Å². The maximum absolute atomic E-state index is 13.0. The molecule has 7 heteroatoms. The van der Waals surface area contributed by atoms with Gasteiger partial charge in [-0.15, -0.1) is 0 Å².